The molecular weight excluding hydrogens is 371 g/mol. The summed E-state index contributed by atoms with van der Waals surface area (Å²) in [4.78, 5) is 19.7. The number of nitrogens with zero attached hydrogens (tertiary/aromatic N) is 4. The molecule has 1 aromatic carbocycles. The van der Waals surface area contributed by atoms with Gasteiger partial charge in [0.15, 0.2) is 0 Å². The van der Waals surface area contributed by atoms with Gasteiger partial charge >= 0.3 is 6.18 Å². The molecule has 0 radical (unpaired) electrons. The molecule has 0 fully saturated rings. The lowest BCUT2D eigenvalue weighted by molar-refractivity contribution is -0.144. The van der Waals surface area contributed by atoms with Crippen molar-refractivity contribution in [3.05, 3.63) is 58.7 Å². The summed E-state index contributed by atoms with van der Waals surface area (Å²) in [6.07, 6.45) is -3.33. The highest BCUT2D eigenvalue weighted by Gasteiger charge is 2.36. The second-order valence-electron chi connectivity index (χ2n) is 6.49. The van der Waals surface area contributed by atoms with Gasteiger partial charge in [-0.15, -0.1) is 5.10 Å². The van der Waals surface area contributed by atoms with Crippen molar-refractivity contribution in [2.45, 2.75) is 39.3 Å². The zero-order valence-electron chi connectivity index (χ0n) is 15.5. The smallest absolute Gasteiger partial charge is 0.356 e. The van der Waals surface area contributed by atoms with E-state index < -0.39 is 12.0 Å². The van der Waals surface area contributed by atoms with E-state index in [1.165, 1.54) is 0 Å². The second kappa shape index (κ2) is 7.95. The highest BCUT2D eigenvalue weighted by atomic mass is 19.4. The number of rotatable bonds is 6. The summed E-state index contributed by atoms with van der Waals surface area (Å²) in [6.45, 7) is 3.87. The van der Waals surface area contributed by atoms with Crippen molar-refractivity contribution >= 4 is 11.7 Å². The molecule has 9 heteroatoms. The van der Waals surface area contributed by atoms with E-state index in [2.05, 4.69) is 20.4 Å². The molecule has 28 heavy (non-hydrogen) atoms. The summed E-state index contributed by atoms with van der Waals surface area (Å²) < 4.78 is 39.6. The molecule has 1 N–H and O–H groups in total. The third-order valence-electron chi connectivity index (χ3n) is 4.48. The number of nitrogens with one attached hydrogen (secondary N) is 1. The molecule has 1 amide bonds. The number of benzene rings is 1. The fourth-order valence-corrected chi connectivity index (χ4v) is 3.01. The summed E-state index contributed by atoms with van der Waals surface area (Å²) in [5.74, 6) is -1.44. The van der Waals surface area contributed by atoms with Gasteiger partial charge in [0.25, 0.3) is 11.6 Å². The molecule has 3 aromatic rings. The van der Waals surface area contributed by atoms with E-state index >= 15 is 0 Å². The van der Waals surface area contributed by atoms with Crippen molar-refractivity contribution in [1.82, 2.24) is 24.9 Å². The zero-order chi connectivity index (χ0) is 20.3. The number of amides is 1. The van der Waals surface area contributed by atoms with E-state index in [0.717, 1.165) is 16.5 Å². The first-order chi connectivity index (χ1) is 13.3. The number of carbonyl (C=O) groups is 1. The quantitative estimate of drug-likeness (QED) is 0.701. The van der Waals surface area contributed by atoms with Gasteiger partial charge in [0.05, 0.1) is 0 Å². The standard InChI is InChI=1S/C19H20F3N5O/c1-12-15(8-9-16(28)23-11-10-14-6-4-3-5-7-14)13(2)27-18(24-12)25-17(26-27)19(20,21)22/h3-7H,8-11H2,1-2H3,(H,23,28). The van der Waals surface area contributed by atoms with Gasteiger partial charge in [0, 0.05) is 24.4 Å². The summed E-state index contributed by atoms with van der Waals surface area (Å²) in [5, 5.41) is 6.37. The minimum absolute atomic E-state index is 0.0987. The van der Waals surface area contributed by atoms with Crippen LogP contribution in [0.4, 0.5) is 13.2 Å². The highest BCUT2D eigenvalue weighted by Crippen LogP contribution is 2.27. The van der Waals surface area contributed by atoms with Gasteiger partial charge in [-0.25, -0.2) is 9.50 Å². The molecule has 148 valence electrons. The Morgan fingerprint density at radius 1 is 1.11 bits per heavy atom. The van der Waals surface area contributed by atoms with Crippen LogP contribution in [0.1, 0.15) is 34.8 Å². The van der Waals surface area contributed by atoms with Crippen molar-refractivity contribution < 1.29 is 18.0 Å². The van der Waals surface area contributed by atoms with Crippen LogP contribution in [0.5, 0.6) is 0 Å². The van der Waals surface area contributed by atoms with E-state index in [0.29, 0.717) is 29.9 Å². The lowest BCUT2D eigenvalue weighted by atomic mass is 10.1. The van der Waals surface area contributed by atoms with Crippen LogP contribution in [0.2, 0.25) is 0 Å². The third kappa shape index (κ3) is 4.47. The minimum Gasteiger partial charge on any atom is -0.356 e. The Morgan fingerprint density at radius 3 is 2.50 bits per heavy atom. The molecule has 0 aliphatic rings. The van der Waals surface area contributed by atoms with Crippen LogP contribution < -0.4 is 5.32 Å². The molecule has 0 aliphatic carbocycles. The molecule has 2 heterocycles. The van der Waals surface area contributed by atoms with Gasteiger partial charge in [-0.3, -0.25) is 4.79 Å². The maximum atomic E-state index is 12.8. The average molecular weight is 391 g/mol. The summed E-state index contributed by atoms with van der Waals surface area (Å²) >= 11 is 0. The fraction of sp³-hybridized carbons (Fsp3) is 0.368. The number of halogens is 3. The van der Waals surface area contributed by atoms with Crippen LogP contribution >= 0.6 is 0 Å². The largest absolute Gasteiger partial charge is 0.453 e. The van der Waals surface area contributed by atoms with Crippen molar-refractivity contribution in [1.29, 1.82) is 0 Å². The Labute approximate surface area is 159 Å². The van der Waals surface area contributed by atoms with Crippen LogP contribution in [-0.2, 0) is 23.8 Å². The SMILES string of the molecule is Cc1nc2nc(C(F)(F)F)nn2c(C)c1CCC(=O)NCCc1ccccc1. The Balaban J connectivity index is 1.64. The number of carbonyl (C=O) groups excluding carboxylic acids is 1. The number of aryl methyl sites for hydroxylation is 2. The topological polar surface area (TPSA) is 72.2 Å². The van der Waals surface area contributed by atoms with E-state index in [4.69, 9.17) is 0 Å². The minimum atomic E-state index is -4.63. The lowest BCUT2D eigenvalue weighted by Gasteiger charge is -2.10. The first kappa shape index (κ1) is 19.8. The van der Waals surface area contributed by atoms with Crippen molar-refractivity contribution in [2.75, 3.05) is 6.54 Å². The van der Waals surface area contributed by atoms with Crippen LogP contribution in [0, 0.1) is 13.8 Å². The number of hydrogen-bond donors (Lipinski definition) is 1. The normalized spacial score (nSPS) is 11.8. The van der Waals surface area contributed by atoms with Gasteiger partial charge in [-0.05, 0) is 37.8 Å². The maximum Gasteiger partial charge on any atom is 0.453 e. The number of fused-ring (bicyclic) bond motifs is 1. The summed E-state index contributed by atoms with van der Waals surface area (Å²) in [6, 6.07) is 9.81. The number of aromatic nitrogens is 4. The fourth-order valence-electron chi connectivity index (χ4n) is 3.01. The number of alkyl halides is 3. The van der Waals surface area contributed by atoms with Crippen molar-refractivity contribution in [2.24, 2.45) is 0 Å². The lowest BCUT2D eigenvalue weighted by Crippen LogP contribution is -2.26. The monoisotopic (exact) mass is 391 g/mol. The third-order valence-corrected chi connectivity index (χ3v) is 4.48. The van der Waals surface area contributed by atoms with E-state index in [1.54, 1.807) is 13.8 Å². The highest BCUT2D eigenvalue weighted by molar-refractivity contribution is 5.76. The molecule has 2 aromatic heterocycles. The van der Waals surface area contributed by atoms with Gasteiger partial charge in [0.1, 0.15) is 0 Å². The van der Waals surface area contributed by atoms with Crippen LogP contribution in [0.15, 0.2) is 30.3 Å². The molecule has 0 aliphatic heterocycles. The van der Waals surface area contributed by atoms with Crippen LogP contribution in [-0.4, -0.2) is 32.0 Å². The maximum absolute atomic E-state index is 12.8. The second-order valence-corrected chi connectivity index (χ2v) is 6.49. The van der Waals surface area contributed by atoms with Crippen molar-refractivity contribution in [3.8, 4) is 0 Å². The predicted molar refractivity (Wildman–Crippen MR) is 96.7 cm³/mol. The molecule has 6 nitrogen and oxygen atoms in total. The van der Waals surface area contributed by atoms with Gasteiger partial charge in [0.2, 0.25) is 5.91 Å². The van der Waals surface area contributed by atoms with E-state index in [1.807, 2.05) is 30.3 Å². The molecule has 0 atom stereocenters. The van der Waals surface area contributed by atoms with Gasteiger partial charge in [-0.1, -0.05) is 30.3 Å². The van der Waals surface area contributed by atoms with Crippen LogP contribution in [0.25, 0.3) is 5.78 Å². The first-order valence-electron chi connectivity index (χ1n) is 8.86. The average Bonchev–Trinajstić information content (AvgIpc) is 3.07. The molecule has 0 spiro atoms. The molecule has 0 saturated carbocycles. The molecule has 0 bridgehead atoms. The van der Waals surface area contributed by atoms with Crippen LogP contribution in [0.3, 0.4) is 0 Å². The Morgan fingerprint density at radius 2 is 1.82 bits per heavy atom. The van der Waals surface area contributed by atoms with E-state index in [-0.39, 0.29) is 18.1 Å². The van der Waals surface area contributed by atoms with E-state index in [9.17, 15) is 18.0 Å². The van der Waals surface area contributed by atoms with Gasteiger partial charge in [-0.2, -0.15) is 18.2 Å². The Bertz CT molecular complexity index is 983. The Hall–Kier alpha value is -2.97. The molecule has 0 saturated heterocycles. The predicted octanol–water partition coefficient (Wildman–Crippen LogP) is 3.05. The summed E-state index contributed by atoms with van der Waals surface area (Å²) in [7, 11) is 0. The summed E-state index contributed by atoms with van der Waals surface area (Å²) in [5.41, 5.74) is 2.88. The van der Waals surface area contributed by atoms with Crippen molar-refractivity contribution in [3.63, 3.8) is 0 Å². The molecule has 0 unspecified atom stereocenters. The number of hydrogen-bond acceptors (Lipinski definition) is 4. The first-order valence-corrected chi connectivity index (χ1v) is 8.86. The molecular formula is C19H20F3N5O. The zero-order valence-corrected chi connectivity index (χ0v) is 15.5. The molecule has 3 rings (SSSR count). The Kier molecular flexibility index (Phi) is 5.62. The van der Waals surface area contributed by atoms with Gasteiger partial charge < -0.3 is 5.32 Å².